The molecule has 4 rings (SSSR count). The molecule has 1 spiro atoms. The van der Waals surface area contributed by atoms with Crippen LogP contribution in [0.2, 0.25) is 0 Å². The van der Waals surface area contributed by atoms with Crippen molar-refractivity contribution in [3.8, 4) is 5.69 Å². The molecule has 1 saturated heterocycles. The van der Waals surface area contributed by atoms with E-state index in [2.05, 4.69) is 15.7 Å². The lowest BCUT2D eigenvalue weighted by Gasteiger charge is -2.19. The number of para-hydroxylation sites is 1. The van der Waals surface area contributed by atoms with Gasteiger partial charge in [-0.3, -0.25) is 14.5 Å². The van der Waals surface area contributed by atoms with E-state index in [1.165, 1.54) is 4.90 Å². The maximum atomic E-state index is 12.7. The molecule has 1 aliphatic carbocycles. The number of hydrogen-bond acceptors (Lipinski definition) is 4. The van der Waals surface area contributed by atoms with Gasteiger partial charge in [0.05, 0.1) is 11.4 Å². The van der Waals surface area contributed by atoms with Gasteiger partial charge in [-0.15, -0.1) is 0 Å². The molecular weight excluding hydrogens is 382 g/mol. The number of urea groups is 1. The van der Waals surface area contributed by atoms with E-state index < -0.39 is 5.54 Å². The zero-order valence-electron chi connectivity index (χ0n) is 17.4. The molecule has 2 aromatic rings. The van der Waals surface area contributed by atoms with Crippen molar-refractivity contribution in [1.29, 1.82) is 0 Å². The molecule has 4 amide bonds. The second kappa shape index (κ2) is 7.93. The first-order chi connectivity index (χ1) is 14.4. The zero-order chi connectivity index (χ0) is 21.3. The first kappa shape index (κ1) is 20.1. The van der Waals surface area contributed by atoms with E-state index in [1.807, 2.05) is 48.9 Å². The van der Waals surface area contributed by atoms with Crippen LogP contribution in [0.5, 0.6) is 0 Å². The lowest BCUT2D eigenvalue weighted by atomic mass is 9.98. The average molecular weight is 409 g/mol. The lowest BCUT2D eigenvalue weighted by Crippen LogP contribution is -2.44. The fourth-order valence-electron chi connectivity index (χ4n) is 4.44. The molecular formula is C22H27N5O3. The van der Waals surface area contributed by atoms with E-state index in [0.29, 0.717) is 19.4 Å². The van der Waals surface area contributed by atoms with Crippen LogP contribution in [0.15, 0.2) is 30.3 Å². The normalized spacial score (nSPS) is 17.6. The molecule has 1 saturated carbocycles. The Labute approximate surface area is 175 Å². The highest BCUT2D eigenvalue weighted by Crippen LogP contribution is 2.35. The van der Waals surface area contributed by atoms with Crippen LogP contribution in [-0.4, -0.2) is 44.6 Å². The van der Waals surface area contributed by atoms with Crippen LogP contribution in [0, 0.1) is 13.8 Å². The van der Waals surface area contributed by atoms with Crippen molar-refractivity contribution in [2.75, 3.05) is 6.54 Å². The van der Waals surface area contributed by atoms with Crippen LogP contribution < -0.4 is 10.6 Å². The summed E-state index contributed by atoms with van der Waals surface area (Å²) in [5.41, 5.74) is 3.03. The van der Waals surface area contributed by atoms with Crippen LogP contribution in [0.4, 0.5) is 4.79 Å². The Morgan fingerprint density at radius 1 is 1.17 bits per heavy atom. The second-order valence-electron chi connectivity index (χ2n) is 8.10. The Morgan fingerprint density at radius 3 is 2.57 bits per heavy atom. The third kappa shape index (κ3) is 3.58. The Balaban J connectivity index is 1.34. The highest BCUT2D eigenvalue weighted by molar-refractivity contribution is 6.07. The summed E-state index contributed by atoms with van der Waals surface area (Å²) in [6, 6.07) is 9.45. The van der Waals surface area contributed by atoms with Gasteiger partial charge in [-0.1, -0.05) is 31.0 Å². The highest BCUT2D eigenvalue weighted by Gasteiger charge is 2.52. The van der Waals surface area contributed by atoms with Crippen LogP contribution in [0.1, 0.15) is 49.1 Å². The van der Waals surface area contributed by atoms with Gasteiger partial charge in [0, 0.05) is 30.8 Å². The van der Waals surface area contributed by atoms with Gasteiger partial charge in [0.1, 0.15) is 5.54 Å². The van der Waals surface area contributed by atoms with Crippen molar-refractivity contribution in [2.24, 2.45) is 0 Å². The molecule has 158 valence electrons. The van der Waals surface area contributed by atoms with Gasteiger partial charge in [0.15, 0.2) is 0 Å². The average Bonchev–Trinajstić information content (AvgIpc) is 3.38. The van der Waals surface area contributed by atoms with Crippen molar-refractivity contribution in [2.45, 2.75) is 58.0 Å². The second-order valence-corrected chi connectivity index (χ2v) is 8.10. The number of carbonyl (C=O) groups excluding carboxylic acids is 3. The number of carbonyl (C=O) groups is 3. The number of hydrogen-bond donors (Lipinski definition) is 2. The Morgan fingerprint density at radius 2 is 1.87 bits per heavy atom. The number of benzene rings is 1. The van der Waals surface area contributed by atoms with Crippen molar-refractivity contribution >= 4 is 17.8 Å². The third-order valence-electron chi connectivity index (χ3n) is 6.17. The summed E-state index contributed by atoms with van der Waals surface area (Å²) in [5, 5.41) is 10.3. The molecule has 0 atom stereocenters. The first-order valence-corrected chi connectivity index (χ1v) is 10.4. The lowest BCUT2D eigenvalue weighted by molar-refractivity contribution is -0.131. The maximum absolute atomic E-state index is 12.7. The number of nitrogens with zero attached hydrogens (tertiary/aromatic N) is 3. The number of imide groups is 1. The number of amides is 4. The van der Waals surface area contributed by atoms with Gasteiger partial charge < -0.3 is 10.6 Å². The number of nitrogens with one attached hydrogen (secondary N) is 2. The monoisotopic (exact) mass is 409 g/mol. The summed E-state index contributed by atoms with van der Waals surface area (Å²) < 4.78 is 1.87. The van der Waals surface area contributed by atoms with Gasteiger partial charge in [0.2, 0.25) is 5.91 Å². The maximum Gasteiger partial charge on any atom is 0.325 e. The topological polar surface area (TPSA) is 96.3 Å². The van der Waals surface area contributed by atoms with Crippen molar-refractivity contribution in [1.82, 2.24) is 25.3 Å². The van der Waals surface area contributed by atoms with Crippen LogP contribution in [0.25, 0.3) is 5.69 Å². The molecule has 2 fully saturated rings. The van der Waals surface area contributed by atoms with Crippen molar-refractivity contribution in [3.63, 3.8) is 0 Å². The minimum absolute atomic E-state index is 0.0835. The molecule has 0 radical (unpaired) electrons. The molecule has 2 aliphatic rings. The van der Waals surface area contributed by atoms with Gasteiger partial charge in [-0.25, -0.2) is 9.48 Å². The quantitative estimate of drug-likeness (QED) is 0.716. The van der Waals surface area contributed by atoms with Crippen LogP contribution >= 0.6 is 0 Å². The predicted molar refractivity (Wildman–Crippen MR) is 111 cm³/mol. The molecule has 30 heavy (non-hydrogen) atoms. The molecule has 2 N–H and O–H groups in total. The first-order valence-electron chi connectivity index (χ1n) is 10.4. The zero-order valence-corrected chi connectivity index (χ0v) is 17.4. The number of rotatable bonds is 6. The van der Waals surface area contributed by atoms with E-state index in [0.717, 1.165) is 35.5 Å². The molecule has 2 heterocycles. The smallest absolute Gasteiger partial charge is 0.325 e. The van der Waals surface area contributed by atoms with Crippen molar-refractivity contribution < 1.29 is 14.4 Å². The molecule has 8 heteroatoms. The number of aromatic nitrogens is 2. The largest absolute Gasteiger partial charge is 0.352 e. The fraction of sp³-hybridized carbons (Fsp3) is 0.455. The van der Waals surface area contributed by atoms with Gasteiger partial charge >= 0.3 is 6.03 Å². The highest BCUT2D eigenvalue weighted by atomic mass is 16.2. The minimum Gasteiger partial charge on any atom is -0.352 e. The molecule has 1 aromatic carbocycles. The van der Waals surface area contributed by atoms with Gasteiger partial charge in [-0.05, 0) is 38.8 Å². The summed E-state index contributed by atoms with van der Waals surface area (Å²) in [5.74, 6) is -0.386. The van der Waals surface area contributed by atoms with E-state index in [1.54, 1.807) is 0 Å². The molecule has 1 aliphatic heterocycles. The Kier molecular flexibility index (Phi) is 5.32. The SMILES string of the molecule is Cc1nn(-c2ccccc2)c(C)c1CNC(=O)CCN1C(=O)NC2(CCCC2)C1=O. The standard InChI is InChI=1S/C22H27N5O3/c1-15-18(16(2)27(25-15)17-8-4-3-5-9-17)14-23-19(28)10-13-26-20(29)22(24-21(26)30)11-6-7-12-22/h3-5,8-9H,6-7,10-14H2,1-2H3,(H,23,28)(H,24,30). The van der Waals surface area contributed by atoms with Crippen LogP contribution in [0.3, 0.4) is 0 Å². The molecule has 0 unspecified atom stereocenters. The molecule has 8 nitrogen and oxygen atoms in total. The summed E-state index contributed by atoms with van der Waals surface area (Å²) >= 11 is 0. The summed E-state index contributed by atoms with van der Waals surface area (Å²) in [4.78, 5) is 38.5. The van der Waals surface area contributed by atoms with Crippen molar-refractivity contribution in [3.05, 3.63) is 47.3 Å². The Hall–Kier alpha value is -3.16. The summed E-state index contributed by atoms with van der Waals surface area (Å²) in [6.45, 7) is 4.35. The molecule has 1 aromatic heterocycles. The van der Waals surface area contributed by atoms with E-state index in [9.17, 15) is 14.4 Å². The van der Waals surface area contributed by atoms with Gasteiger partial charge in [0.25, 0.3) is 5.91 Å². The summed E-state index contributed by atoms with van der Waals surface area (Å²) in [6.07, 6.45) is 3.33. The van der Waals surface area contributed by atoms with Crippen LogP contribution in [-0.2, 0) is 16.1 Å². The van der Waals surface area contributed by atoms with E-state index in [4.69, 9.17) is 0 Å². The Bertz CT molecular complexity index is 976. The predicted octanol–water partition coefficient (Wildman–Crippen LogP) is 2.36. The third-order valence-corrected chi connectivity index (χ3v) is 6.17. The minimum atomic E-state index is -0.728. The van der Waals surface area contributed by atoms with Gasteiger partial charge in [-0.2, -0.15) is 5.10 Å². The van der Waals surface area contributed by atoms with E-state index in [-0.39, 0.29) is 30.8 Å². The van der Waals surface area contributed by atoms with E-state index >= 15 is 0 Å². The molecule has 0 bridgehead atoms. The summed E-state index contributed by atoms with van der Waals surface area (Å²) in [7, 11) is 0. The fourth-order valence-corrected chi connectivity index (χ4v) is 4.44. The number of aryl methyl sites for hydroxylation is 1.